The summed E-state index contributed by atoms with van der Waals surface area (Å²) in [5, 5.41) is 0. The molecule has 0 aliphatic rings. The van der Waals surface area contributed by atoms with Gasteiger partial charge in [-0.1, -0.05) is 18.2 Å². The largest absolute Gasteiger partial charge is 0.439 e. The minimum absolute atomic E-state index is 0.0217. The number of nitrogens with two attached hydrogens (primary N) is 1. The van der Waals surface area contributed by atoms with Gasteiger partial charge in [0.15, 0.2) is 0 Å². The first kappa shape index (κ1) is 13.5. The van der Waals surface area contributed by atoms with Crippen molar-refractivity contribution in [2.24, 2.45) is 5.73 Å². The highest BCUT2D eigenvalue weighted by molar-refractivity contribution is 5.32. The van der Waals surface area contributed by atoms with E-state index in [4.69, 9.17) is 15.2 Å². The molecular formula is C15H18N2O2. The van der Waals surface area contributed by atoms with E-state index in [1.165, 1.54) is 0 Å². The van der Waals surface area contributed by atoms with Crippen LogP contribution in [0.2, 0.25) is 0 Å². The third-order valence-corrected chi connectivity index (χ3v) is 2.72. The Morgan fingerprint density at radius 1 is 1.26 bits per heavy atom. The molecular weight excluding hydrogens is 240 g/mol. The van der Waals surface area contributed by atoms with E-state index in [0.717, 1.165) is 16.9 Å². The summed E-state index contributed by atoms with van der Waals surface area (Å²) in [5.74, 6) is 1.30. The van der Waals surface area contributed by atoms with Crippen LogP contribution in [0.4, 0.5) is 0 Å². The van der Waals surface area contributed by atoms with Crippen LogP contribution in [0.15, 0.2) is 42.6 Å². The molecule has 2 aromatic rings. The molecule has 4 nitrogen and oxygen atoms in total. The van der Waals surface area contributed by atoms with Crippen molar-refractivity contribution in [3.8, 4) is 11.6 Å². The molecule has 2 rings (SSSR count). The second-order valence-electron chi connectivity index (χ2n) is 4.40. The summed E-state index contributed by atoms with van der Waals surface area (Å²) in [4.78, 5) is 4.24. The predicted octanol–water partition coefficient (Wildman–Crippen LogP) is 3.04. The number of nitrogens with zero attached hydrogens (tertiary/aromatic N) is 1. The fourth-order valence-corrected chi connectivity index (χ4v) is 1.71. The van der Waals surface area contributed by atoms with E-state index in [9.17, 15) is 0 Å². The highest BCUT2D eigenvalue weighted by Crippen LogP contribution is 2.21. The second-order valence-corrected chi connectivity index (χ2v) is 4.40. The Kier molecular flexibility index (Phi) is 4.49. The normalized spacial score (nSPS) is 12.2. The van der Waals surface area contributed by atoms with E-state index in [1.807, 2.05) is 43.3 Å². The third kappa shape index (κ3) is 3.77. The molecule has 2 N–H and O–H groups in total. The van der Waals surface area contributed by atoms with Gasteiger partial charge in [0, 0.05) is 25.4 Å². The maximum Gasteiger partial charge on any atom is 0.219 e. The summed E-state index contributed by atoms with van der Waals surface area (Å²) in [6, 6.07) is 11.5. The zero-order valence-corrected chi connectivity index (χ0v) is 11.2. The molecule has 0 radical (unpaired) electrons. The summed E-state index contributed by atoms with van der Waals surface area (Å²) in [7, 11) is 1.67. The van der Waals surface area contributed by atoms with Crippen LogP contribution in [0.5, 0.6) is 11.6 Å². The molecule has 0 bridgehead atoms. The minimum atomic E-state index is -0.0217. The Morgan fingerprint density at radius 2 is 2.11 bits per heavy atom. The predicted molar refractivity (Wildman–Crippen MR) is 74.1 cm³/mol. The number of rotatable bonds is 5. The molecule has 0 fully saturated rings. The Hall–Kier alpha value is -1.91. The average molecular weight is 258 g/mol. The monoisotopic (exact) mass is 258 g/mol. The summed E-state index contributed by atoms with van der Waals surface area (Å²) < 4.78 is 10.8. The van der Waals surface area contributed by atoms with Crippen molar-refractivity contribution >= 4 is 0 Å². The number of pyridine rings is 1. The SMILES string of the molecule is COCc1cccc(Oc2ccc([C@@H](C)N)cn2)c1. The van der Waals surface area contributed by atoms with Crippen LogP contribution in [0.25, 0.3) is 0 Å². The number of benzene rings is 1. The fraction of sp³-hybridized carbons (Fsp3) is 0.267. The van der Waals surface area contributed by atoms with Crippen LogP contribution in [-0.2, 0) is 11.3 Å². The molecule has 100 valence electrons. The van der Waals surface area contributed by atoms with E-state index < -0.39 is 0 Å². The number of aromatic nitrogens is 1. The minimum Gasteiger partial charge on any atom is -0.439 e. The zero-order chi connectivity index (χ0) is 13.7. The van der Waals surface area contributed by atoms with Gasteiger partial charge < -0.3 is 15.2 Å². The summed E-state index contributed by atoms with van der Waals surface area (Å²) >= 11 is 0. The van der Waals surface area contributed by atoms with Gasteiger partial charge in [-0.3, -0.25) is 0 Å². The molecule has 1 heterocycles. The Bertz CT molecular complexity index is 524. The van der Waals surface area contributed by atoms with Crippen LogP contribution in [0, 0.1) is 0 Å². The lowest BCUT2D eigenvalue weighted by atomic mass is 10.2. The molecule has 0 unspecified atom stereocenters. The summed E-state index contributed by atoms with van der Waals surface area (Å²) in [6.07, 6.45) is 1.74. The highest BCUT2D eigenvalue weighted by Gasteiger charge is 2.03. The van der Waals surface area contributed by atoms with Crippen LogP contribution in [0.1, 0.15) is 24.1 Å². The Morgan fingerprint density at radius 3 is 2.74 bits per heavy atom. The van der Waals surface area contributed by atoms with Crippen molar-refractivity contribution in [1.82, 2.24) is 4.98 Å². The second kappa shape index (κ2) is 6.31. The summed E-state index contributed by atoms with van der Waals surface area (Å²) in [5.41, 5.74) is 7.82. The van der Waals surface area contributed by atoms with E-state index in [0.29, 0.717) is 12.5 Å². The quantitative estimate of drug-likeness (QED) is 0.895. The van der Waals surface area contributed by atoms with Gasteiger partial charge in [-0.15, -0.1) is 0 Å². The molecule has 19 heavy (non-hydrogen) atoms. The molecule has 1 aromatic heterocycles. The van der Waals surface area contributed by atoms with Crippen LogP contribution >= 0.6 is 0 Å². The van der Waals surface area contributed by atoms with Crippen molar-refractivity contribution in [3.05, 3.63) is 53.7 Å². The molecule has 0 saturated heterocycles. The van der Waals surface area contributed by atoms with Gasteiger partial charge in [-0.25, -0.2) is 4.98 Å². The molecule has 1 aromatic carbocycles. The van der Waals surface area contributed by atoms with E-state index in [-0.39, 0.29) is 6.04 Å². The van der Waals surface area contributed by atoms with Gasteiger partial charge in [-0.05, 0) is 30.2 Å². The van der Waals surface area contributed by atoms with Gasteiger partial charge in [0.1, 0.15) is 5.75 Å². The molecule has 1 atom stereocenters. The van der Waals surface area contributed by atoms with Gasteiger partial charge in [0.05, 0.1) is 6.61 Å². The summed E-state index contributed by atoms with van der Waals surface area (Å²) in [6.45, 7) is 2.49. The molecule has 0 amide bonds. The number of ether oxygens (including phenoxy) is 2. The molecule has 0 spiro atoms. The molecule has 4 heteroatoms. The lowest BCUT2D eigenvalue weighted by Crippen LogP contribution is -2.05. The standard InChI is InChI=1S/C15H18N2O2/c1-11(16)13-6-7-15(17-9-13)19-14-5-3-4-12(8-14)10-18-2/h3-9,11H,10,16H2,1-2H3/t11-/m1/s1. The number of hydrogen-bond acceptors (Lipinski definition) is 4. The van der Waals surface area contributed by atoms with Crippen molar-refractivity contribution in [1.29, 1.82) is 0 Å². The molecule has 0 saturated carbocycles. The maximum absolute atomic E-state index is 5.77. The van der Waals surface area contributed by atoms with Crippen molar-refractivity contribution in [2.45, 2.75) is 19.6 Å². The van der Waals surface area contributed by atoms with E-state index >= 15 is 0 Å². The Balaban J connectivity index is 2.10. The molecule has 0 aliphatic carbocycles. The lowest BCUT2D eigenvalue weighted by molar-refractivity contribution is 0.184. The van der Waals surface area contributed by atoms with Gasteiger partial charge in [0.25, 0.3) is 0 Å². The van der Waals surface area contributed by atoms with Crippen molar-refractivity contribution in [3.63, 3.8) is 0 Å². The lowest BCUT2D eigenvalue weighted by Gasteiger charge is -2.08. The van der Waals surface area contributed by atoms with E-state index in [1.54, 1.807) is 13.3 Å². The highest BCUT2D eigenvalue weighted by atomic mass is 16.5. The van der Waals surface area contributed by atoms with Gasteiger partial charge in [-0.2, -0.15) is 0 Å². The number of hydrogen-bond donors (Lipinski definition) is 1. The smallest absolute Gasteiger partial charge is 0.219 e. The van der Waals surface area contributed by atoms with E-state index in [2.05, 4.69) is 4.98 Å². The van der Waals surface area contributed by atoms with Crippen LogP contribution in [-0.4, -0.2) is 12.1 Å². The first-order valence-corrected chi connectivity index (χ1v) is 6.16. The maximum atomic E-state index is 5.77. The first-order valence-electron chi connectivity index (χ1n) is 6.16. The zero-order valence-electron chi connectivity index (χ0n) is 11.2. The van der Waals surface area contributed by atoms with Crippen molar-refractivity contribution in [2.75, 3.05) is 7.11 Å². The average Bonchev–Trinajstić information content (AvgIpc) is 2.40. The van der Waals surface area contributed by atoms with Crippen LogP contribution < -0.4 is 10.5 Å². The topological polar surface area (TPSA) is 57.4 Å². The first-order chi connectivity index (χ1) is 9.19. The Labute approximate surface area is 113 Å². The fourth-order valence-electron chi connectivity index (χ4n) is 1.71. The van der Waals surface area contributed by atoms with Gasteiger partial charge in [0.2, 0.25) is 5.88 Å². The van der Waals surface area contributed by atoms with Crippen LogP contribution in [0.3, 0.4) is 0 Å². The number of methoxy groups -OCH3 is 1. The van der Waals surface area contributed by atoms with Crippen molar-refractivity contribution < 1.29 is 9.47 Å². The molecule has 0 aliphatic heterocycles. The third-order valence-electron chi connectivity index (χ3n) is 2.72. The van der Waals surface area contributed by atoms with Gasteiger partial charge >= 0.3 is 0 Å².